The Kier molecular flexibility index (Phi) is 5.27. The zero-order valence-electron chi connectivity index (χ0n) is 15.2. The molecule has 0 saturated carbocycles. The molecule has 1 aliphatic heterocycles. The molecule has 1 saturated heterocycles. The number of hydrogen-bond acceptors (Lipinski definition) is 5. The van der Waals surface area contributed by atoms with Crippen LogP contribution in [0.3, 0.4) is 0 Å². The first kappa shape index (κ1) is 18.1. The highest BCUT2D eigenvalue weighted by Crippen LogP contribution is 2.31. The van der Waals surface area contributed by atoms with Crippen LogP contribution in [-0.2, 0) is 6.54 Å². The van der Waals surface area contributed by atoms with E-state index in [1.807, 2.05) is 12.1 Å². The number of nitrogens with zero attached hydrogens (tertiary/aromatic N) is 4. The van der Waals surface area contributed by atoms with Gasteiger partial charge >= 0.3 is 6.03 Å². The Morgan fingerprint density at radius 2 is 1.96 bits per heavy atom. The molecule has 144 valence electrons. The highest BCUT2D eigenvalue weighted by molar-refractivity contribution is 5.74. The molecule has 1 fully saturated rings. The van der Waals surface area contributed by atoms with Gasteiger partial charge in [-0.2, -0.15) is 4.98 Å². The fraction of sp³-hybridized carbons (Fsp3) is 0.300. The molecule has 2 amide bonds. The lowest BCUT2D eigenvalue weighted by Gasteiger charge is -2.33. The Hall–Kier alpha value is -3.29. The van der Waals surface area contributed by atoms with Gasteiger partial charge in [0.05, 0.1) is 0 Å². The van der Waals surface area contributed by atoms with E-state index in [4.69, 9.17) is 4.52 Å². The van der Waals surface area contributed by atoms with Crippen LogP contribution in [0.2, 0.25) is 0 Å². The average Bonchev–Trinajstić information content (AvgIpc) is 3.24. The van der Waals surface area contributed by atoms with Gasteiger partial charge in [-0.3, -0.25) is 4.98 Å². The van der Waals surface area contributed by atoms with Crippen LogP contribution in [-0.4, -0.2) is 32.6 Å². The number of amides is 2. The molecule has 1 aromatic carbocycles. The van der Waals surface area contributed by atoms with Gasteiger partial charge in [0.25, 0.3) is 0 Å². The maximum absolute atomic E-state index is 13.0. The van der Waals surface area contributed by atoms with Gasteiger partial charge in [0, 0.05) is 31.0 Å². The topological polar surface area (TPSA) is 84.2 Å². The first-order chi connectivity index (χ1) is 13.7. The van der Waals surface area contributed by atoms with Gasteiger partial charge in [-0.05, 0) is 49.1 Å². The van der Waals surface area contributed by atoms with Crippen LogP contribution in [0.5, 0.6) is 0 Å². The number of urea groups is 1. The molecule has 3 heterocycles. The van der Waals surface area contributed by atoms with Crippen LogP contribution in [0, 0.1) is 5.82 Å². The van der Waals surface area contributed by atoms with Crippen molar-refractivity contribution in [3.05, 3.63) is 66.1 Å². The summed E-state index contributed by atoms with van der Waals surface area (Å²) >= 11 is 0. The van der Waals surface area contributed by atoms with Gasteiger partial charge in [0.1, 0.15) is 11.9 Å². The SMILES string of the molecule is O=C(NCc1ccc(F)cc1)N1CCCC[C@H]1c1nc(-c2ccncc2)no1. The first-order valence-corrected chi connectivity index (χ1v) is 9.23. The molecule has 0 aliphatic carbocycles. The minimum Gasteiger partial charge on any atom is -0.337 e. The smallest absolute Gasteiger partial charge is 0.318 e. The molecular weight excluding hydrogens is 361 g/mol. The second-order valence-corrected chi connectivity index (χ2v) is 6.68. The maximum atomic E-state index is 13.0. The van der Waals surface area contributed by atoms with E-state index in [9.17, 15) is 9.18 Å². The average molecular weight is 381 g/mol. The summed E-state index contributed by atoms with van der Waals surface area (Å²) in [6.45, 7) is 0.946. The molecular formula is C20H20FN5O2. The van der Waals surface area contributed by atoms with Crippen LogP contribution in [0.1, 0.15) is 36.8 Å². The van der Waals surface area contributed by atoms with Gasteiger partial charge < -0.3 is 14.7 Å². The number of pyridine rings is 1. The Bertz CT molecular complexity index is 929. The van der Waals surface area contributed by atoms with Crippen LogP contribution in [0.25, 0.3) is 11.4 Å². The number of aromatic nitrogens is 3. The summed E-state index contributed by atoms with van der Waals surface area (Å²) in [5, 5.41) is 6.94. The molecule has 1 aliphatic rings. The molecule has 28 heavy (non-hydrogen) atoms. The van der Waals surface area contributed by atoms with E-state index in [1.54, 1.807) is 29.4 Å². The predicted molar refractivity (Wildman–Crippen MR) is 99.5 cm³/mol. The van der Waals surface area contributed by atoms with Crippen molar-refractivity contribution in [1.29, 1.82) is 0 Å². The third-order valence-corrected chi connectivity index (χ3v) is 4.79. The normalized spacial score (nSPS) is 16.8. The fourth-order valence-corrected chi connectivity index (χ4v) is 3.30. The van der Waals surface area contributed by atoms with Crippen molar-refractivity contribution in [2.45, 2.75) is 31.8 Å². The number of likely N-dealkylation sites (tertiary alicyclic amines) is 1. The molecule has 8 heteroatoms. The van der Waals surface area contributed by atoms with Crippen LogP contribution in [0.4, 0.5) is 9.18 Å². The van der Waals surface area contributed by atoms with E-state index < -0.39 is 0 Å². The number of carbonyl (C=O) groups is 1. The number of hydrogen-bond donors (Lipinski definition) is 1. The summed E-state index contributed by atoms with van der Waals surface area (Å²) < 4.78 is 18.5. The Morgan fingerprint density at radius 1 is 1.18 bits per heavy atom. The summed E-state index contributed by atoms with van der Waals surface area (Å²) in [5.74, 6) is 0.616. The zero-order valence-corrected chi connectivity index (χ0v) is 15.2. The number of carbonyl (C=O) groups excluding carboxylic acids is 1. The standard InChI is InChI=1S/C20H20FN5O2/c21-16-6-4-14(5-7-16)13-23-20(27)26-12-2-1-3-17(26)19-24-18(25-28-19)15-8-10-22-11-9-15/h4-11,17H,1-3,12-13H2,(H,23,27)/t17-/m0/s1. The second kappa shape index (κ2) is 8.16. The summed E-state index contributed by atoms with van der Waals surface area (Å²) in [7, 11) is 0. The molecule has 3 aromatic rings. The molecule has 7 nitrogen and oxygen atoms in total. The second-order valence-electron chi connectivity index (χ2n) is 6.68. The zero-order chi connectivity index (χ0) is 19.3. The monoisotopic (exact) mass is 381 g/mol. The van der Waals surface area contributed by atoms with Crippen molar-refractivity contribution in [2.24, 2.45) is 0 Å². The third kappa shape index (κ3) is 4.00. The molecule has 1 N–H and O–H groups in total. The van der Waals surface area contributed by atoms with Gasteiger partial charge in [0.15, 0.2) is 0 Å². The van der Waals surface area contributed by atoms with Gasteiger partial charge in [-0.1, -0.05) is 17.3 Å². The lowest BCUT2D eigenvalue weighted by Crippen LogP contribution is -2.44. The minimum absolute atomic E-state index is 0.197. The van der Waals surface area contributed by atoms with Crippen molar-refractivity contribution < 1.29 is 13.7 Å². The summed E-state index contributed by atoms with van der Waals surface area (Å²) in [6.07, 6.45) is 6.01. The third-order valence-electron chi connectivity index (χ3n) is 4.79. The number of nitrogens with one attached hydrogen (secondary N) is 1. The summed E-state index contributed by atoms with van der Waals surface area (Å²) in [5.41, 5.74) is 1.65. The molecule has 0 spiro atoms. The number of rotatable bonds is 4. The largest absolute Gasteiger partial charge is 0.337 e. The van der Waals surface area contributed by atoms with Crippen molar-refractivity contribution in [1.82, 2.24) is 25.3 Å². The Morgan fingerprint density at radius 3 is 2.75 bits per heavy atom. The highest BCUT2D eigenvalue weighted by Gasteiger charge is 2.32. The van der Waals surface area contributed by atoms with Crippen LogP contribution >= 0.6 is 0 Å². The minimum atomic E-state index is -0.299. The first-order valence-electron chi connectivity index (χ1n) is 9.23. The van der Waals surface area contributed by atoms with E-state index in [-0.39, 0.29) is 17.9 Å². The molecule has 2 aromatic heterocycles. The number of halogens is 1. The summed E-state index contributed by atoms with van der Waals surface area (Å²) in [4.78, 5) is 23.0. The fourth-order valence-electron chi connectivity index (χ4n) is 3.30. The molecule has 1 atom stereocenters. The van der Waals surface area contributed by atoms with Crippen molar-refractivity contribution in [2.75, 3.05) is 6.54 Å². The predicted octanol–water partition coefficient (Wildman–Crippen LogP) is 3.71. The summed E-state index contributed by atoms with van der Waals surface area (Å²) in [6, 6.07) is 9.23. The van der Waals surface area contributed by atoms with E-state index in [2.05, 4.69) is 20.4 Å². The van der Waals surface area contributed by atoms with Crippen molar-refractivity contribution >= 4 is 6.03 Å². The van der Waals surface area contributed by atoms with Gasteiger partial charge in [-0.15, -0.1) is 0 Å². The quantitative estimate of drug-likeness (QED) is 0.745. The lowest BCUT2D eigenvalue weighted by molar-refractivity contribution is 0.131. The van der Waals surface area contributed by atoms with E-state index >= 15 is 0 Å². The Labute approximate surface area is 161 Å². The highest BCUT2D eigenvalue weighted by atomic mass is 19.1. The van der Waals surface area contributed by atoms with E-state index in [0.717, 1.165) is 30.4 Å². The van der Waals surface area contributed by atoms with Crippen molar-refractivity contribution in [3.63, 3.8) is 0 Å². The number of benzene rings is 1. The maximum Gasteiger partial charge on any atom is 0.318 e. The molecule has 0 radical (unpaired) electrons. The Balaban J connectivity index is 1.46. The van der Waals surface area contributed by atoms with Gasteiger partial charge in [0.2, 0.25) is 11.7 Å². The van der Waals surface area contributed by atoms with E-state index in [0.29, 0.717) is 24.8 Å². The van der Waals surface area contributed by atoms with Crippen LogP contribution < -0.4 is 5.32 Å². The number of piperidine rings is 1. The van der Waals surface area contributed by atoms with Gasteiger partial charge in [-0.25, -0.2) is 9.18 Å². The molecule has 0 bridgehead atoms. The lowest BCUT2D eigenvalue weighted by atomic mass is 10.0. The van der Waals surface area contributed by atoms with E-state index in [1.165, 1.54) is 12.1 Å². The van der Waals surface area contributed by atoms with Crippen LogP contribution in [0.15, 0.2) is 53.3 Å². The van der Waals surface area contributed by atoms with Crippen molar-refractivity contribution in [3.8, 4) is 11.4 Å². The molecule has 4 rings (SSSR count). The molecule has 0 unspecified atom stereocenters.